The maximum Gasteiger partial charge on any atom is 0.137 e. The van der Waals surface area contributed by atoms with Crippen LogP contribution in [0.4, 0.5) is 0 Å². The second-order valence-electron chi connectivity index (χ2n) is 2.54. The van der Waals surface area contributed by atoms with Gasteiger partial charge in [-0.2, -0.15) is 0 Å². The van der Waals surface area contributed by atoms with Gasteiger partial charge in [-0.15, -0.1) is 0 Å². The molecule has 3 heteroatoms. The molecule has 0 radical (unpaired) electrons. The van der Waals surface area contributed by atoms with Crippen LogP contribution in [0.3, 0.4) is 0 Å². The summed E-state index contributed by atoms with van der Waals surface area (Å²) in [6.07, 6.45) is 5.30. The first-order valence-corrected chi connectivity index (χ1v) is 4.03. The minimum Gasteiger partial charge on any atom is -0.305 e. The van der Waals surface area contributed by atoms with Crippen molar-refractivity contribution in [2.45, 2.75) is 13.8 Å². The topological polar surface area (TPSA) is 17.8 Å². The predicted molar refractivity (Wildman–Crippen MR) is 52.9 cm³/mol. The molecule has 0 aliphatic heterocycles. The smallest absolute Gasteiger partial charge is 0.137 e. The first-order chi connectivity index (χ1) is 5.65. The Morgan fingerprint density at radius 1 is 1.75 bits per heavy atom. The van der Waals surface area contributed by atoms with Crippen molar-refractivity contribution >= 4 is 23.9 Å². The van der Waals surface area contributed by atoms with Crippen LogP contribution in [0.2, 0.25) is 0 Å². The molecule has 1 rings (SSSR count). The van der Waals surface area contributed by atoms with E-state index in [1.165, 1.54) is 0 Å². The molecule has 0 aliphatic carbocycles. The third kappa shape index (κ3) is 1.77. The monoisotopic (exact) mass is 182 g/mol. The summed E-state index contributed by atoms with van der Waals surface area (Å²) in [6.45, 7) is 7.47. The standard InChI is InChI=1S/C9H11ClN2/c1-4-12-8(3)6-11-9(12)5-7(2)10/h4-6H,1H2,2-3H3. The zero-order chi connectivity index (χ0) is 9.14. The minimum atomic E-state index is 0.712. The Kier molecular flexibility index (Phi) is 2.71. The van der Waals surface area contributed by atoms with E-state index in [1.54, 1.807) is 18.5 Å². The second kappa shape index (κ2) is 3.59. The zero-order valence-electron chi connectivity index (χ0n) is 7.21. The number of imidazole rings is 1. The summed E-state index contributed by atoms with van der Waals surface area (Å²) >= 11 is 5.72. The van der Waals surface area contributed by atoms with Gasteiger partial charge in [0.05, 0.1) is 0 Å². The van der Waals surface area contributed by atoms with E-state index in [9.17, 15) is 0 Å². The van der Waals surface area contributed by atoms with Crippen LogP contribution >= 0.6 is 11.6 Å². The Morgan fingerprint density at radius 2 is 2.42 bits per heavy atom. The Bertz CT molecular complexity index is 319. The SMILES string of the molecule is C=Cn1c(C)cnc1C=C(C)Cl. The molecule has 0 spiro atoms. The van der Waals surface area contributed by atoms with E-state index in [0.29, 0.717) is 5.03 Å². The Balaban J connectivity index is 3.16. The van der Waals surface area contributed by atoms with Crippen molar-refractivity contribution in [3.8, 4) is 0 Å². The molecule has 1 aromatic rings. The number of nitrogens with zero attached hydrogens (tertiary/aromatic N) is 2. The molecule has 0 fully saturated rings. The summed E-state index contributed by atoms with van der Waals surface area (Å²) in [4.78, 5) is 4.16. The molecule has 1 heterocycles. The number of aromatic nitrogens is 2. The average Bonchev–Trinajstić information content (AvgIpc) is 2.30. The van der Waals surface area contributed by atoms with Gasteiger partial charge < -0.3 is 4.57 Å². The van der Waals surface area contributed by atoms with Crippen molar-refractivity contribution in [2.24, 2.45) is 0 Å². The van der Waals surface area contributed by atoms with Crippen LogP contribution in [0, 0.1) is 6.92 Å². The fourth-order valence-corrected chi connectivity index (χ4v) is 1.08. The fourth-order valence-electron chi connectivity index (χ4n) is 0.987. The van der Waals surface area contributed by atoms with Crippen molar-refractivity contribution in [2.75, 3.05) is 0 Å². The van der Waals surface area contributed by atoms with Gasteiger partial charge in [-0.25, -0.2) is 4.98 Å². The minimum absolute atomic E-state index is 0.712. The molecule has 0 aliphatic rings. The van der Waals surface area contributed by atoms with Gasteiger partial charge in [0.2, 0.25) is 0 Å². The normalized spacial score (nSPS) is 11.8. The Morgan fingerprint density at radius 3 is 2.92 bits per heavy atom. The lowest BCUT2D eigenvalue weighted by atomic mass is 10.5. The van der Waals surface area contributed by atoms with E-state index in [1.807, 2.05) is 18.4 Å². The van der Waals surface area contributed by atoms with E-state index >= 15 is 0 Å². The molecule has 0 aromatic carbocycles. The van der Waals surface area contributed by atoms with E-state index in [0.717, 1.165) is 11.5 Å². The van der Waals surface area contributed by atoms with Gasteiger partial charge in [0.25, 0.3) is 0 Å². The molecule has 0 saturated heterocycles. The molecule has 12 heavy (non-hydrogen) atoms. The third-order valence-corrected chi connectivity index (χ3v) is 1.63. The van der Waals surface area contributed by atoms with E-state index in [2.05, 4.69) is 11.6 Å². The molecule has 0 bridgehead atoms. The summed E-state index contributed by atoms with van der Waals surface area (Å²) < 4.78 is 1.88. The lowest BCUT2D eigenvalue weighted by Gasteiger charge is -1.98. The van der Waals surface area contributed by atoms with Gasteiger partial charge in [0.15, 0.2) is 0 Å². The molecular weight excluding hydrogens is 172 g/mol. The number of allylic oxidation sites excluding steroid dienone is 1. The number of rotatable bonds is 2. The highest BCUT2D eigenvalue weighted by atomic mass is 35.5. The van der Waals surface area contributed by atoms with Gasteiger partial charge in [-0.1, -0.05) is 18.2 Å². The maximum absolute atomic E-state index is 5.72. The Hall–Kier alpha value is -1.02. The van der Waals surface area contributed by atoms with E-state index in [-0.39, 0.29) is 0 Å². The highest BCUT2D eigenvalue weighted by Gasteiger charge is 2.00. The summed E-state index contributed by atoms with van der Waals surface area (Å²) in [7, 11) is 0. The molecule has 0 N–H and O–H groups in total. The van der Waals surface area contributed by atoms with Crippen molar-refractivity contribution in [3.05, 3.63) is 29.3 Å². The van der Waals surface area contributed by atoms with E-state index < -0.39 is 0 Å². The van der Waals surface area contributed by atoms with Crippen LogP contribution in [0.5, 0.6) is 0 Å². The van der Waals surface area contributed by atoms with Crippen LogP contribution < -0.4 is 0 Å². The molecule has 2 nitrogen and oxygen atoms in total. The lowest BCUT2D eigenvalue weighted by molar-refractivity contribution is 1.05. The molecule has 1 aromatic heterocycles. The first-order valence-electron chi connectivity index (χ1n) is 3.65. The number of aryl methyl sites for hydroxylation is 1. The fraction of sp³-hybridized carbons (Fsp3) is 0.222. The summed E-state index contributed by atoms with van der Waals surface area (Å²) in [6, 6.07) is 0. The van der Waals surface area contributed by atoms with Gasteiger partial charge in [-0.05, 0) is 19.9 Å². The van der Waals surface area contributed by atoms with Crippen molar-refractivity contribution in [1.82, 2.24) is 9.55 Å². The van der Waals surface area contributed by atoms with Gasteiger partial charge in [-0.3, -0.25) is 0 Å². The molecule has 0 amide bonds. The van der Waals surface area contributed by atoms with E-state index in [4.69, 9.17) is 11.6 Å². The lowest BCUT2D eigenvalue weighted by Crippen LogP contribution is -1.91. The van der Waals surface area contributed by atoms with Crippen molar-refractivity contribution in [3.63, 3.8) is 0 Å². The second-order valence-corrected chi connectivity index (χ2v) is 3.14. The largest absolute Gasteiger partial charge is 0.305 e. The van der Waals surface area contributed by atoms with Gasteiger partial charge in [0.1, 0.15) is 5.82 Å². The summed E-state index contributed by atoms with van der Waals surface area (Å²) in [5.41, 5.74) is 1.05. The van der Waals surface area contributed by atoms with Crippen molar-refractivity contribution in [1.29, 1.82) is 0 Å². The quantitative estimate of drug-likeness (QED) is 0.688. The average molecular weight is 183 g/mol. The van der Waals surface area contributed by atoms with Crippen molar-refractivity contribution < 1.29 is 0 Å². The third-order valence-electron chi connectivity index (χ3n) is 1.52. The molecule has 0 saturated carbocycles. The maximum atomic E-state index is 5.72. The van der Waals surface area contributed by atoms with Crippen LogP contribution in [-0.2, 0) is 0 Å². The van der Waals surface area contributed by atoms with Gasteiger partial charge >= 0.3 is 0 Å². The highest BCUT2D eigenvalue weighted by Crippen LogP contribution is 2.10. The first kappa shape index (κ1) is 9.07. The van der Waals surface area contributed by atoms with Crippen LogP contribution in [0.15, 0.2) is 17.8 Å². The number of halogens is 1. The Labute approximate surface area is 77.2 Å². The summed E-state index contributed by atoms with van der Waals surface area (Å²) in [5, 5.41) is 0.712. The number of hydrogen-bond acceptors (Lipinski definition) is 1. The molecule has 0 unspecified atom stereocenters. The zero-order valence-corrected chi connectivity index (χ0v) is 7.97. The van der Waals surface area contributed by atoms with Crippen LogP contribution in [-0.4, -0.2) is 9.55 Å². The molecule has 0 atom stereocenters. The molecular formula is C9H11ClN2. The summed E-state index contributed by atoms with van der Waals surface area (Å²) in [5.74, 6) is 0.815. The van der Waals surface area contributed by atoms with Crippen LogP contribution in [0.1, 0.15) is 18.4 Å². The number of hydrogen-bond donors (Lipinski definition) is 0. The molecule has 64 valence electrons. The van der Waals surface area contributed by atoms with Gasteiger partial charge in [0, 0.05) is 23.1 Å². The van der Waals surface area contributed by atoms with Crippen LogP contribution in [0.25, 0.3) is 12.3 Å². The highest BCUT2D eigenvalue weighted by molar-refractivity contribution is 6.31. The predicted octanol–water partition coefficient (Wildman–Crippen LogP) is 2.89.